The van der Waals surface area contributed by atoms with Gasteiger partial charge in [0.05, 0.1) is 11.4 Å². The Hall–Kier alpha value is -2.68. The van der Waals surface area contributed by atoms with E-state index in [9.17, 15) is 14.4 Å². The zero-order valence-corrected chi connectivity index (χ0v) is 15.4. The Morgan fingerprint density at radius 3 is 2.56 bits per heavy atom. The van der Waals surface area contributed by atoms with Crippen LogP contribution in [0.25, 0.3) is 0 Å². The number of nitrogens with zero attached hydrogens (tertiary/aromatic N) is 1. The molecule has 1 aliphatic carbocycles. The summed E-state index contributed by atoms with van der Waals surface area (Å²) in [6.45, 7) is -0.267. The van der Waals surface area contributed by atoms with E-state index in [0.29, 0.717) is 35.7 Å². The number of nitrogen functional groups attached to an aromatic ring is 1. The Bertz CT molecular complexity index is 794. The van der Waals surface area contributed by atoms with Crippen molar-refractivity contribution in [3.8, 4) is 11.5 Å². The molecular formula is C17H21ClN4O5. The first-order valence-corrected chi connectivity index (χ1v) is 8.62. The lowest BCUT2D eigenvalue weighted by atomic mass is 9.82. The van der Waals surface area contributed by atoms with E-state index in [-0.39, 0.29) is 31.7 Å². The fraction of sp³-hybridized carbons (Fsp3) is 0.471. The second-order valence-corrected chi connectivity index (χ2v) is 6.81. The number of amides is 4. The number of carbonyl (C=O) groups is 3. The minimum atomic E-state index is -0.840. The van der Waals surface area contributed by atoms with Crippen LogP contribution in [-0.2, 0) is 9.59 Å². The monoisotopic (exact) mass is 396 g/mol. The maximum atomic E-state index is 12.7. The van der Waals surface area contributed by atoms with Crippen molar-refractivity contribution >= 4 is 41.6 Å². The summed E-state index contributed by atoms with van der Waals surface area (Å²) in [5.74, 6) is 0.155. The molecule has 1 aromatic rings. The largest absolute Gasteiger partial charge is 0.454 e. The third-order valence-corrected chi connectivity index (χ3v) is 5.07. The molecule has 3 aliphatic rings. The number of hydrogen-bond donors (Lipinski definition) is 3. The van der Waals surface area contributed by atoms with E-state index < -0.39 is 17.5 Å². The Morgan fingerprint density at radius 1 is 1.19 bits per heavy atom. The minimum Gasteiger partial charge on any atom is -0.454 e. The summed E-state index contributed by atoms with van der Waals surface area (Å²) in [7, 11) is 0. The van der Waals surface area contributed by atoms with Crippen molar-refractivity contribution < 1.29 is 23.9 Å². The molecule has 9 nitrogen and oxygen atoms in total. The molecule has 1 saturated heterocycles. The first-order chi connectivity index (χ1) is 12.5. The average Bonchev–Trinajstić information content (AvgIpc) is 3.14. The predicted octanol–water partition coefficient (Wildman–Crippen LogP) is 1.61. The number of urea groups is 1. The highest BCUT2D eigenvalue weighted by Gasteiger charge is 2.51. The summed E-state index contributed by atoms with van der Waals surface area (Å²) < 4.78 is 10.5. The van der Waals surface area contributed by atoms with E-state index in [1.165, 1.54) is 0 Å². The molecule has 4 N–H and O–H groups in total. The van der Waals surface area contributed by atoms with Crippen molar-refractivity contribution in [2.75, 3.05) is 24.4 Å². The number of carbonyl (C=O) groups excluding carboxylic acids is 3. The molecule has 4 amide bonds. The molecule has 2 heterocycles. The number of anilines is 2. The average molecular weight is 397 g/mol. The quantitative estimate of drug-likeness (QED) is 0.527. The summed E-state index contributed by atoms with van der Waals surface area (Å²) in [6.07, 6.45) is 4.06. The summed E-state index contributed by atoms with van der Waals surface area (Å²) in [5.41, 5.74) is 5.72. The minimum absolute atomic E-state index is 0. The molecular weight excluding hydrogens is 376 g/mol. The van der Waals surface area contributed by atoms with Crippen molar-refractivity contribution in [3.63, 3.8) is 0 Å². The highest BCUT2D eigenvalue weighted by Crippen LogP contribution is 2.38. The second kappa shape index (κ2) is 7.15. The van der Waals surface area contributed by atoms with Gasteiger partial charge in [-0.25, -0.2) is 4.79 Å². The molecule has 0 unspecified atom stereocenters. The fourth-order valence-electron chi connectivity index (χ4n) is 3.71. The van der Waals surface area contributed by atoms with Crippen LogP contribution in [0.4, 0.5) is 16.2 Å². The number of hydrogen-bond acceptors (Lipinski definition) is 6. The van der Waals surface area contributed by atoms with Gasteiger partial charge in [-0.15, -0.1) is 12.4 Å². The maximum absolute atomic E-state index is 12.7. The number of fused-ring (bicyclic) bond motifs is 1. The summed E-state index contributed by atoms with van der Waals surface area (Å²) >= 11 is 0. The molecule has 0 radical (unpaired) electrons. The molecule has 27 heavy (non-hydrogen) atoms. The molecule has 1 saturated carbocycles. The van der Waals surface area contributed by atoms with Gasteiger partial charge in [-0.2, -0.15) is 0 Å². The van der Waals surface area contributed by atoms with Crippen LogP contribution in [0.2, 0.25) is 0 Å². The number of imide groups is 1. The van der Waals surface area contributed by atoms with Crippen LogP contribution < -0.4 is 25.8 Å². The van der Waals surface area contributed by atoms with Crippen LogP contribution in [0.1, 0.15) is 32.1 Å². The SMILES string of the molecule is Cl.Nc1cc2c(cc1NC(=O)CN1C(=O)NC3(CCCCC3)C1=O)OCO2. The van der Waals surface area contributed by atoms with Crippen LogP contribution in [0.3, 0.4) is 0 Å². The van der Waals surface area contributed by atoms with Crippen molar-refractivity contribution in [1.82, 2.24) is 10.2 Å². The Kier molecular flexibility index (Phi) is 5.05. The molecule has 0 bridgehead atoms. The summed E-state index contributed by atoms with van der Waals surface area (Å²) in [6, 6.07) is 2.60. The first-order valence-electron chi connectivity index (χ1n) is 8.62. The molecule has 2 aliphatic heterocycles. The Balaban J connectivity index is 0.00000210. The van der Waals surface area contributed by atoms with E-state index in [0.717, 1.165) is 24.2 Å². The number of rotatable bonds is 3. The lowest BCUT2D eigenvalue weighted by molar-refractivity contribution is -0.134. The van der Waals surface area contributed by atoms with Crippen LogP contribution in [0.5, 0.6) is 11.5 Å². The van der Waals surface area contributed by atoms with Gasteiger partial charge >= 0.3 is 6.03 Å². The molecule has 146 valence electrons. The number of halogens is 1. The van der Waals surface area contributed by atoms with Crippen LogP contribution in [-0.4, -0.2) is 41.6 Å². The lowest BCUT2D eigenvalue weighted by Gasteiger charge is -2.30. The molecule has 1 aromatic carbocycles. The van der Waals surface area contributed by atoms with Gasteiger partial charge in [0.15, 0.2) is 11.5 Å². The lowest BCUT2D eigenvalue weighted by Crippen LogP contribution is -2.48. The van der Waals surface area contributed by atoms with Gasteiger partial charge in [0, 0.05) is 12.1 Å². The van der Waals surface area contributed by atoms with Crippen molar-refractivity contribution in [2.24, 2.45) is 0 Å². The van der Waals surface area contributed by atoms with E-state index in [1.54, 1.807) is 12.1 Å². The van der Waals surface area contributed by atoms with Crippen LogP contribution >= 0.6 is 12.4 Å². The topological polar surface area (TPSA) is 123 Å². The number of benzene rings is 1. The van der Waals surface area contributed by atoms with Gasteiger partial charge in [-0.1, -0.05) is 19.3 Å². The number of ether oxygens (including phenoxy) is 2. The summed E-state index contributed by atoms with van der Waals surface area (Å²) in [4.78, 5) is 38.3. The first kappa shape index (κ1) is 19.1. The molecule has 10 heteroatoms. The van der Waals surface area contributed by atoms with Gasteiger partial charge in [0.2, 0.25) is 12.7 Å². The standard InChI is InChI=1S/C17H20N4O5.ClH/c18-10-6-12-13(26-9-25-12)7-11(10)19-14(22)8-21-15(23)17(20-16(21)24)4-2-1-3-5-17;/h6-7H,1-5,8-9,18H2,(H,19,22)(H,20,24);1H. The van der Waals surface area contributed by atoms with E-state index in [1.807, 2.05) is 0 Å². The number of nitrogens with two attached hydrogens (primary N) is 1. The highest BCUT2D eigenvalue weighted by molar-refractivity contribution is 6.10. The van der Waals surface area contributed by atoms with Crippen LogP contribution in [0, 0.1) is 0 Å². The van der Waals surface area contributed by atoms with E-state index in [2.05, 4.69) is 10.6 Å². The molecule has 0 aromatic heterocycles. The fourth-order valence-corrected chi connectivity index (χ4v) is 3.71. The van der Waals surface area contributed by atoms with Gasteiger partial charge in [-0.3, -0.25) is 14.5 Å². The third-order valence-electron chi connectivity index (χ3n) is 5.07. The molecule has 4 rings (SSSR count). The second-order valence-electron chi connectivity index (χ2n) is 6.81. The molecule has 0 atom stereocenters. The van der Waals surface area contributed by atoms with Gasteiger partial charge in [0.1, 0.15) is 12.1 Å². The van der Waals surface area contributed by atoms with Gasteiger partial charge in [-0.05, 0) is 12.8 Å². The van der Waals surface area contributed by atoms with Crippen molar-refractivity contribution in [3.05, 3.63) is 12.1 Å². The van der Waals surface area contributed by atoms with E-state index in [4.69, 9.17) is 15.2 Å². The number of nitrogens with one attached hydrogen (secondary N) is 2. The zero-order valence-electron chi connectivity index (χ0n) is 14.6. The highest BCUT2D eigenvalue weighted by atomic mass is 35.5. The Morgan fingerprint density at radius 2 is 1.85 bits per heavy atom. The van der Waals surface area contributed by atoms with Crippen LogP contribution in [0.15, 0.2) is 12.1 Å². The maximum Gasteiger partial charge on any atom is 0.325 e. The van der Waals surface area contributed by atoms with Crippen molar-refractivity contribution in [2.45, 2.75) is 37.6 Å². The molecule has 2 fully saturated rings. The van der Waals surface area contributed by atoms with Gasteiger partial charge in [0.25, 0.3) is 5.91 Å². The third kappa shape index (κ3) is 3.34. The van der Waals surface area contributed by atoms with Gasteiger partial charge < -0.3 is 25.8 Å². The zero-order chi connectivity index (χ0) is 18.3. The Labute approximate surface area is 161 Å². The smallest absolute Gasteiger partial charge is 0.325 e. The van der Waals surface area contributed by atoms with Crippen molar-refractivity contribution in [1.29, 1.82) is 0 Å². The predicted molar refractivity (Wildman–Crippen MR) is 98.9 cm³/mol. The summed E-state index contributed by atoms with van der Waals surface area (Å²) in [5, 5.41) is 5.41. The normalized spacial score (nSPS) is 19.6. The van der Waals surface area contributed by atoms with E-state index >= 15 is 0 Å². The molecule has 1 spiro atoms.